The van der Waals surface area contributed by atoms with Crippen LogP contribution in [0.25, 0.3) is 17.2 Å². The van der Waals surface area contributed by atoms with Gasteiger partial charge in [0.1, 0.15) is 23.1 Å². The topological polar surface area (TPSA) is 60.7 Å². The maximum Gasteiger partial charge on any atom is 0.134 e. The molecule has 2 aromatic rings. The van der Waals surface area contributed by atoms with Crippen LogP contribution in [0.1, 0.15) is 30.5 Å². The Morgan fingerprint density at radius 2 is 1.58 bits per heavy atom. The molecule has 128 valence electrons. The Labute approximate surface area is 139 Å². The molecular weight excluding hydrogens is 314 g/mol. The zero-order chi connectivity index (χ0) is 18.2. The summed E-state index contributed by atoms with van der Waals surface area (Å²) in [6.07, 6.45) is 2.83. The van der Waals surface area contributed by atoms with E-state index in [1.807, 2.05) is 0 Å². The van der Waals surface area contributed by atoms with Crippen molar-refractivity contribution in [2.24, 2.45) is 0 Å². The van der Waals surface area contributed by atoms with Crippen LogP contribution >= 0.6 is 0 Å². The number of phenols is 2. The van der Waals surface area contributed by atoms with Gasteiger partial charge >= 0.3 is 0 Å². The Morgan fingerprint density at radius 1 is 1.00 bits per heavy atom. The molecule has 2 aromatic carbocycles. The van der Waals surface area contributed by atoms with E-state index < -0.39 is 17.2 Å². The Bertz CT molecular complexity index is 819. The number of hydrogen-bond acceptors (Lipinski definition) is 3. The molecule has 0 saturated carbocycles. The maximum absolute atomic E-state index is 14.2. The highest BCUT2D eigenvalue weighted by atomic mass is 19.1. The predicted octanol–water partition coefficient (Wildman–Crippen LogP) is 4.44. The Hall–Kier alpha value is -2.40. The van der Waals surface area contributed by atoms with Gasteiger partial charge in [0, 0.05) is 22.8 Å². The van der Waals surface area contributed by atoms with Gasteiger partial charge in [-0.05, 0) is 51.0 Å². The lowest BCUT2D eigenvalue weighted by Gasteiger charge is -2.18. The van der Waals surface area contributed by atoms with Crippen molar-refractivity contribution in [1.29, 1.82) is 0 Å². The molecule has 0 bridgehead atoms. The molecule has 0 radical (unpaired) electrons. The van der Waals surface area contributed by atoms with E-state index in [1.54, 1.807) is 27.7 Å². The third-order valence-electron chi connectivity index (χ3n) is 3.89. The van der Waals surface area contributed by atoms with Crippen LogP contribution in [0.5, 0.6) is 11.5 Å². The van der Waals surface area contributed by atoms with E-state index in [9.17, 15) is 24.1 Å². The van der Waals surface area contributed by atoms with Crippen molar-refractivity contribution in [1.82, 2.24) is 0 Å². The largest absolute Gasteiger partial charge is 0.507 e. The summed E-state index contributed by atoms with van der Waals surface area (Å²) in [4.78, 5) is 0. The van der Waals surface area contributed by atoms with Crippen molar-refractivity contribution in [3.05, 3.63) is 52.6 Å². The molecule has 0 aliphatic carbocycles. The summed E-state index contributed by atoms with van der Waals surface area (Å²) in [5.41, 5.74) is -0.167. The van der Waals surface area contributed by atoms with Gasteiger partial charge in [-0.3, -0.25) is 0 Å². The van der Waals surface area contributed by atoms with Crippen molar-refractivity contribution in [3.8, 4) is 22.6 Å². The average molecular weight is 334 g/mol. The van der Waals surface area contributed by atoms with Crippen LogP contribution in [0.15, 0.2) is 24.3 Å². The van der Waals surface area contributed by atoms with Crippen molar-refractivity contribution in [2.75, 3.05) is 0 Å². The van der Waals surface area contributed by atoms with E-state index in [1.165, 1.54) is 18.2 Å². The van der Waals surface area contributed by atoms with E-state index in [0.29, 0.717) is 17.2 Å². The minimum absolute atomic E-state index is 0.0392. The molecule has 0 aliphatic heterocycles. The second kappa shape index (κ2) is 6.24. The fourth-order valence-corrected chi connectivity index (χ4v) is 2.41. The highest BCUT2D eigenvalue weighted by molar-refractivity contribution is 5.86. The predicted molar refractivity (Wildman–Crippen MR) is 89.9 cm³/mol. The lowest BCUT2D eigenvalue weighted by molar-refractivity contribution is 0.134. The fourth-order valence-electron chi connectivity index (χ4n) is 2.41. The molecule has 0 heterocycles. The molecular formula is C19H20F2O3. The quantitative estimate of drug-likeness (QED) is 0.727. The lowest BCUT2D eigenvalue weighted by Crippen LogP contribution is -2.13. The number of halogens is 2. The van der Waals surface area contributed by atoms with Gasteiger partial charge in [-0.2, -0.15) is 0 Å². The molecule has 0 atom stereocenters. The third kappa shape index (κ3) is 3.41. The van der Waals surface area contributed by atoms with Crippen LogP contribution < -0.4 is 0 Å². The zero-order valence-corrected chi connectivity index (χ0v) is 14.0. The summed E-state index contributed by atoms with van der Waals surface area (Å²) in [5, 5.41) is 30.8. The smallest absolute Gasteiger partial charge is 0.134 e. The monoisotopic (exact) mass is 334 g/mol. The summed E-state index contributed by atoms with van der Waals surface area (Å²) in [6, 6.07) is 2.99. The molecule has 24 heavy (non-hydrogen) atoms. The third-order valence-corrected chi connectivity index (χ3v) is 3.89. The van der Waals surface area contributed by atoms with Gasteiger partial charge in [-0.15, -0.1) is 0 Å². The van der Waals surface area contributed by atoms with Gasteiger partial charge in [0.2, 0.25) is 0 Å². The van der Waals surface area contributed by atoms with Crippen LogP contribution in [0, 0.1) is 25.5 Å². The number of benzene rings is 2. The lowest BCUT2D eigenvalue weighted by atomic mass is 9.90. The summed E-state index contributed by atoms with van der Waals surface area (Å²) >= 11 is 0. The van der Waals surface area contributed by atoms with Gasteiger partial charge in [-0.25, -0.2) is 8.78 Å². The first-order chi connectivity index (χ1) is 11.0. The van der Waals surface area contributed by atoms with E-state index >= 15 is 0 Å². The van der Waals surface area contributed by atoms with Gasteiger partial charge in [0.05, 0.1) is 5.60 Å². The first kappa shape index (κ1) is 17.9. The molecule has 0 aliphatic rings. The molecule has 5 heteroatoms. The van der Waals surface area contributed by atoms with Crippen molar-refractivity contribution in [3.63, 3.8) is 0 Å². The van der Waals surface area contributed by atoms with Crippen LogP contribution in [-0.4, -0.2) is 20.9 Å². The van der Waals surface area contributed by atoms with Crippen LogP contribution in [0.2, 0.25) is 0 Å². The highest BCUT2D eigenvalue weighted by Crippen LogP contribution is 2.44. The summed E-state index contributed by atoms with van der Waals surface area (Å²) in [6.45, 7) is 6.30. The molecule has 3 N–H and O–H groups in total. The number of phenolic OH excluding ortho intramolecular Hbond substituents is 2. The van der Waals surface area contributed by atoms with E-state index in [2.05, 4.69) is 0 Å². The Balaban J connectivity index is 2.85. The number of rotatable bonds is 3. The van der Waals surface area contributed by atoms with E-state index in [-0.39, 0.29) is 28.2 Å². The molecule has 0 spiro atoms. The molecule has 0 aromatic heterocycles. The minimum atomic E-state index is -1.17. The van der Waals surface area contributed by atoms with E-state index in [4.69, 9.17) is 0 Å². The SMILES string of the molecule is Cc1c(C)c(O)c(-c2ccc(F)cc2F)c(C=CC(C)(C)O)c1O. The molecule has 0 amide bonds. The minimum Gasteiger partial charge on any atom is -0.507 e. The number of aliphatic hydroxyl groups is 1. The van der Waals surface area contributed by atoms with Gasteiger partial charge < -0.3 is 15.3 Å². The standard InChI is InChI=1S/C19H20F2O3/c1-10-11(2)18(23)16(13-6-5-12(20)9-15(13)21)14(17(10)22)7-8-19(3,4)24/h5-9,22-24H,1-4H3. The average Bonchev–Trinajstić information content (AvgIpc) is 2.47. The van der Waals surface area contributed by atoms with Crippen LogP contribution in [-0.2, 0) is 0 Å². The van der Waals surface area contributed by atoms with Gasteiger partial charge in [0.15, 0.2) is 0 Å². The van der Waals surface area contributed by atoms with Crippen LogP contribution in [0.4, 0.5) is 8.78 Å². The molecule has 3 nitrogen and oxygen atoms in total. The fraction of sp³-hybridized carbons (Fsp3) is 0.263. The second-order valence-electron chi connectivity index (χ2n) is 6.35. The number of hydrogen-bond donors (Lipinski definition) is 3. The first-order valence-corrected chi connectivity index (χ1v) is 7.45. The van der Waals surface area contributed by atoms with E-state index in [0.717, 1.165) is 6.07 Å². The van der Waals surface area contributed by atoms with Crippen LogP contribution in [0.3, 0.4) is 0 Å². The normalized spacial score (nSPS) is 12.1. The Morgan fingerprint density at radius 3 is 2.12 bits per heavy atom. The first-order valence-electron chi connectivity index (χ1n) is 7.45. The second-order valence-corrected chi connectivity index (χ2v) is 6.35. The van der Waals surface area contributed by atoms with Gasteiger partial charge in [0.25, 0.3) is 0 Å². The van der Waals surface area contributed by atoms with Crippen molar-refractivity contribution in [2.45, 2.75) is 33.3 Å². The highest BCUT2D eigenvalue weighted by Gasteiger charge is 2.22. The molecule has 0 unspecified atom stereocenters. The summed E-state index contributed by atoms with van der Waals surface area (Å²) < 4.78 is 27.4. The Kier molecular flexibility index (Phi) is 4.67. The molecule has 2 rings (SSSR count). The molecule has 0 saturated heterocycles. The molecule has 0 fully saturated rings. The number of aromatic hydroxyl groups is 2. The van der Waals surface area contributed by atoms with Gasteiger partial charge in [-0.1, -0.05) is 12.2 Å². The zero-order valence-electron chi connectivity index (χ0n) is 14.0. The maximum atomic E-state index is 14.2. The van der Waals surface area contributed by atoms with Crippen molar-refractivity contribution >= 4 is 6.08 Å². The summed E-state index contributed by atoms with van der Waals surface area (Å²) in [5.74, 6) is -1.93. The van der Waals surface area contributed by atoms with Crippen molar-refractivity contribution < 1.29 is 24.1 Å². The summed E-state index contributed by atoms with van der Waals surface area (Å²) in [7, 11) is 0.